The molecule has 3 aromatic rings. The van der Waals surface area contributed by atoms with Gasteiger partial charge in [0.1, 0.15) is 5.82 Å². The van der Waals surface area contributed by atoms with Crippen LogP contribution in [0.2, 0.25) is 0 Å². The van der Waals surface area contributed by atoms with Crippen molar-refractivity contribution in [3.8, 4) is 0 Å². The number of aromatic nitrogens is 1. The number of anilines is 3. The van der Waals surface area contributed by atoms with Crippen LogP contribution in [0.15, 0.2) is 65.7 Å². The van der Waals surface area contributed by atoms with Crippen LogP contribution >= 0.6 is 0 Å². The van der Waals surface area contributed by atoms with Crippen LogP contribution in [0.25, 0.3) is 0 Å². The Morgan fingerprint density at radius 3 is 2.35 bits per heavy atom. The number of benzene rings is 2. The van der Waals surface area contributed by atoms with Crippen LogP contribution in [0.5, 0.6) is 0 Å². The Hall–Kier alpha value is -2.86. The lowest BCUT2D eigenvalue weighted by atomic mass is 10.1. The Labute approximate surface area is 154 Å². The van der Waals surface area contributed by atoms with Crippen LogP contribution in [-0.2, 0) is 10.0 Å². The third-order valence-corrected chi connectivity index (χ3v) is 5.35. The van der Waals surface area contributed by atoms with Crippen molar-refractivity contribution in [1.29, 1.82) is 0 Å². The summed E-state index contributed by atoms with van der Waals surface area (Å²) in [6.07, 6.45) is 1.50. The minimum Gasteiger partial charge on any atom is -0.340 e. The van der Waals surface area contributed by atoms with Crippen molar-refractivity contribution in [1.82, 2.24) is 4.98 Å². The average Bonchev–Trinajstić information content (AvgIpc) is 2.60. The molecule has 0 aliphatic rings. The van der Waals surface area contributed by atoms with Gasteiger partial charge in [-0.1, -0.05) is 24.3 Å². The van der Waals surface area contributed by atoms with Crippen molar-refractivity contribution in [3.63, 3.8) is 0 Å². The van der Waals surface area contributed by atoms with Crippen molar-refractivity contribution in [2.24, 2.45) is 0 Å². The van der Waals surface area contributed by atoms with E-state index in [4.69, 9.17) is 0 Å². The molecule has 2 aromatic carbocycles. The highest BCUT2D eigenvalue weighted by atomic mass is 32.2. The molecule has 0 atom stereocenters. The Morgan fingerprint density at radius 1 is 0.885 bits per heavy atom. The van der Waals surface area contributed by atoms with E-state index in [9.17, 15) is 8.42 Å². The molecule has 0 aliphatic heterocycles. The largest absolute Gasteiger partial charge is 0.340 e. The number of nitrogens with zero attached hydrogens (tertiary/aromatic N) is 1. The zero-order valence-electron chi connectivity index (χ0n) is 14.9. The Kier molecular flexibility index (Phi) is 4.95. The maximum absolute atomic E-state index is 12.5. The molecule has 26 heavy (non-hydrogen) atoms. The van der Waals surface area contributed by atoms with E-state index < -0.39 is 10.0 Å². The lowest BCUT2D eigenvalue weighted by molar-refractivity contribution is 0.601. The van der Waals surface area contributed by atoms with E-state index in [2.05, 4.69) is 21.1 Å². The monoisotopic (exact) mass is 367 g/mol. The second kappa shape index (κ2) is 7.17. The standard InChI is InChI=1S/C20H21N3O2S/c1-14-5-4-6-18(11-14)26(24,25)23-17-9-10-20(21-13-17)22-19-12-15(2)7-8-16(19)3/h4-13,23H,1-3H3,(H,21,22). The summed E-state index contributed by atoms with van der Waals surface area (Å²) in [5, 5.41) is 3.25. The van der Waals surface area contributed by atoms with Crippen LogP contribution in [0.1, 0.15) is 16.7 Å². The van der Waals surface area contributed by atoms with Crippen molar-refractivity contribution < 1.29 is 8.42 Å². The van der Waals surface area contributed by atoms with Crippen LogP contribution in [0.3, 0.4) is 0 Å². The fourth-order valence-corrected chi connectivity index (χ4v) is 3.68. The molecule has 2 N–H and O–H groups in total. The fourth-order valence-electron chi connectivity index (χ4n) is 2.53. The van der Waals surface area contributed by atoms with E-state index in [1.165, 1.54) is 6.20 Å². The van der Waals surface area contributed by atoms with Gasteiger partial charge in [0.05, 0.1) is 16.8 Å². The zero-order chi connectivity index (χ0) is 18.7. The molecule has 0 aliphatic carbocycles. The van der Waals surface area contributed by atoms with Gasteiger partial charge in [0.15, 0.2) is 0 Å². The second-order valence-electron chi connectivity index (χ2n) is 6.30. The van der Waals surface area contributed by atoms with Gasteiger partial charge in [0.25, 0.3) is 10.0 Å². The minimum absolute atomic E-state index is 0.232. The zero-order valence-corrected chi connectivity index (χ0v) is 15.8. The van der Waals surface area contributed by atoms with Gasteiger partial charge in [0.2, 0.25) is 0 Å². The van der Waals surface area contributed by atoms with Gasteiger partial charge < -0.3 is 5.32 Å². The molecule has 134 valence electrons. The van der Waals surface area contributed by atoms with Crippen molar-refractivity contribution in [3.05, 3.63) is 77.5 Å². The Bertz CT molecular complexity index is 1030. The molecule has 0 fully saturated rings. The summed E-state index contributed by atoms with van der Waals surface area (Å²) in [4.78, 5) is 4.53. The number of hydrogen-bond acceptors (Lipinski definition) is 4. The molecule has 1 aromatic heterocycles. The molecular weight excluding hydrogens is 346 g/mol. The summed E-state index contributed by atoms with van der Waals surface area (Å²) < 4.78 is 27.5. The molecule has 0 unspecified atom stereocenters. The molecule has 6 heteroatoms. The Morgan fingerprint density at radius 2 is 1.65 bits per heavy atom. The fraction of sp³-hybridized carbons (Fsp3) is 0.150. The van der Waals surface area contributed by atoms with Crippen LogP contribution in [0.4, 0.5) is 17.2 Å². The predicted octanol–water partition coefficient (Wildman–Crippen LogP) is 4.55. The molecule has 1 heterocycles. The molecule has 5 nitrogen and oxygen atoms in total. The highest BCUT2D eigenvalue weighted by molar-refractivity contribution is 7.92. The molecule has 0 saturated heterocycles. The lowest BCUT2D eigenvalue weighted by Crippen LogP contribution is -2.13. The number of sulfonamides is 1. The van der Waals surface area contributed by atoms with Crippen LogP contribution in [0, 0.1) is 20.8 Å². The highest BCUT2D eigenvalue weighted by Gasteiger charge is 2.14. The van der Waals surface area contributed by atoms with Gasteiger partial charge in [-0.3, -0.25) is 4.72 Å². The van der Waals surface area contributed by atoms with Gasteiger partial charge in [0, 0.05) is 5.69 Å². The van der Waals surface area contributed by atoms with E-state index in [0.29, 0.717) is 11.5 Å². The van der Waals surface area contributed by atoms with E-state index in [-0.39, 0.29) is 4.90 Å². The maximum Gasteiger partial charge on any atom is 0.261 e. The molecule has 0 amide bonds. The first-order chi connectivity index (χ1) is 12.3. The molecule has 0 spiro atoms. The second-order valence-corrected chi connectivity index (χ2v) is 7.98. The maximum atomic E-state index is 12.5. The number of nitrogens with one attached hydrogen (secondary N) is 2. The SMILES string of the molecule is Cc1cccc(S(=O)(=O)Nc2ccc(Nc3cc(C)ccc3C)nc2)c1. The Balaban J connectivity index is 1.76. The molecule has 3 rings (SSSR count). The average molecular weight is 367 g/mol. The predicted molar refractivity (Wildman–Crippen MR) is 105 cm³/mol. The summed E-state index contributed by atoms with van der Waals surface area (Å²) >= 11 is 0. The van der Waals surface area contributed by atoms with E-state index in [1.54, 1.807) is 30.3 Å². The first-order valence-electron chi connectivity index (χ1n) is 8.23. The topological polar surface area (TPSA) is 71.1 Å². The number of pyridine rings is 1. The van der Waals surface area contributed by atoms with Crippen LogP contribution < -0.4 is 10.0 Å². The third-order valence-electron chi connectivity index (χ3n) is 3.97. The minimum atomic E-state index is -3.63. The van der Waals surface area contributed by atoms with E-state index >= 15 is 0 Å². The molecular formula is C20H21N3O2S. The van der Waals surface area contributed by atoms with Crippen molar-refractivity contribution >= 4 is 27.2 Å². The first kappa shape index (κ1) is 17.9. The summed E-state index contributed by atoms with van der Waals surface area (Å²) in [6, 6.07) is 16.4. The van der Waals surface area contributed by atoms with E-state index in [0.717, 1.165) is 22.4 Å². The van der Waals surface area contributed by atoms with Gasteiger partial charge in [-0.05, 0) is 67.8 Å². The van der Waals surface area contributed by atoms with Crippen LogP contribution in [-0.4, -0.2) is 13.4 Å². The summed E-state index contributed by atoms with van der Waals surface area (Å²) in [5.74, 6) is 0.650. The summed E-state index contributed by atoms with van der Waals surface area (Å²) in [5.41, 5.74) is 4.55. The van der Waals surface area contributed by atoms with Gasteiger partial charge >= 0.3 is 0 Å². The molecule has 0 radical (unpaired) electrons. The van der Waals surface area contributed by atoms with Gasteiger partial charge in [-0.2, -0.15) is 0 Å². The molecule has 0 bridgehead atoms. The lowest BCUT2D eigenvalue weighted by Gasteiger charge is -2.11. The third kappa shape index (κ3) is 4.21. The quantitative estimate of drug-likeness (QED) is 0.694. The molecule has 0 saturated carbocycles. The van der Waals surface area contributed by atoms with Gasteiger partial charge in [-0.25, -0.2) is 13.4 Å². The summed E-state index contributed by atoms with van der Waals surface area (Å²) in [7, 11) is -3.63. The summed E-state index contributed by atoms with van der Waals surface area (Å²) in [6.45, 7) is 5.90. The van der Waals surface area contributed by atoms with Crippen molar-refractivity contribution in [2.45, 2.75) is 25.7 Å². The number of hydrogen-bond donors (Lipinski definition) is 2. The number of aryl methyl sites for hydroxylation is 3. The van der Waals surface area contributed by atoms with E-state index in [1.807, 2.05) is 39.0 Å². The number of rotatable bonds is 5. The first-order valence-corrected chi connectivity index (χ1v) is 9.72. The van der Waals surface area contributed by atoms with Gasteiger partial charge in [-0.15, -0.1) is 0 Å². The van der Waals surface area contributed by atoms with Crippen molar-refractivity contribution in [2.75, 3.05) is 10.0 Å². The smallest absolute Gasteiger partial charge is 0.261 e. The normalized spacial score (nSPS) is 11.2. The highest BCUT2D eigenvalue weighted by Crippen LogP contribution is 2.22.